The molecule has 0 saturated carbocycles. The lowest BCUT2D eigenvalue weighted by Gasteiger charge is -2.06. The third kappa shape index (κ3) is 4.54. The zero-order valence-electron chi connectivity index (χ0n) is 10.9. The number of aromatic nitrogens is 2. The normalized spacial score (nSPS) is 10.1. The van der Waals surface area contributed by atoms with Gasteiger partial charge in [0.2, 0.25) is 0 Å². The second kappa shape index (κ2) is 6.81. The van der Waals surface area contributed by atoms with Crippen LogP contribution in [0.1, 0.15) is 22.5 Å². The average molecular weight is 306 g/mol. The van der Waals surface area contributed by atoms with Gasteiger partial charge in [-0.05, 0) is 24.1 Å². The fraction of sp³-hybridized carbons (Fsp3) is 0.143. The summed E-state index contributed by atoms with van der Waals surface area (Å²) in [5.41, 5.74) is 1.55. The third-order valence-electron chi connectivity index (χ3n) is 2.67. The van der Waals surface area contributed by atoms with E-state index in [1.807, 2.05) is 0 Å². The van der Waals surface area contributed by atoms with Crippen LogP contribution in [0.4, 0.5) is 5.69 Å². The molecule has 0 aliphatic heterocycles. The minimum absolute atomic E-state index is 0.0417. The van der Waals surface area contributed by atoms with E-state index in [1.54, 1.807) is 24.3 Å². The van der Waals surface area contributed by atoms with Crippen molar-refractivity contribution in [2.45, 2.75) is 12.8 Å². The first-order chi connectivity index (χ1) is 10.0. The molecule has 1 heterocycles. The van der Waals surface area contributed by atoms with E-state index >= 15 is 0 Å². The zero-order chi connectivity index (χ0) is 15.2. The van der Waals surface area contributed by atoms with Gasteiger partial charge in [0.15, 0.2) is 0 Å². The molecule has 2 aromatic rings. The topological polar surface area (TPSA) is 92.2 Å². The van der Waals surface area contributed by atoms with Crippen molar-refractivity contribution >= 4 is 29.2 Å². The molecule has 0 spiro atoms. The number of carboxylic acid groups (broad SMARTS) is 1. The van der Waals surface area contributed by atoms with Gasteiger partial charge >= 0.3 is 5.97 Å². The molecule has 1 aromatic heterocycles. The second-order valence-electron chi connectivity index (χ2n) is 4.27. The van der Waals surface area contributed by atoms with Crippen molar-refractivity contribution in [2.24, 2.45) is 0 Å². The SMILES string of the molecule is O=C(O)CCc1cccc(NC(=O)c2cnc(Cl)cn2)c1. The molecule has 0 aliphatic carbocycles. The quantitative estimate of drug-likeness (QED) is 0.885. The lowest BCUT2D eigenvalue weighted by atomic mass is 10.1. The Morgan fingerprint density at radius 3 is 2.71 bits per heavy atom. The molecule has 1 amide bonds. The van der Waals surface area contributed by atoms with Crippen LogP contribution < -0.4 is 5.32 Å². The van der Waals surface area contributed by atoms with Crippen molar-refractivity contribution in [2.75, 3.05) is 5.32 Å². The number of amides is 1. The van der Waals surface area contributed by atoms with Gasteiger partial charge in [0, 0.05) is 12.1 Å². The van der Waals surface area contributed by atoms with Crippen molar-refractivity contribution in [3.8, 4) is 0 Å². The highest BCUT2D eigenvalue weighted by Gasteiger charge is 2.08. The molecule has 0 bridgehead atoms. The number of rotatable bonds is 5. The van der Waals surface area contributed by atoms with Crippen LogP contribution in [0.15, 0.2) is 36.7 Å². The number of nitrogens with zero attached hydrogens (tertiary/aromatic N) is 2. The Kier molecular flexibility index (Phi) is 4.84. The van der Waals surface area contributed by atoms with Crippen molar-refractivity contribution in [1.29, 1.82) is 0 Å². The van der Waals surface area contributed by atoms with E-state index < -0.39 is 11.9 Å². The first-order valence-corrected chi connectivity index (χ1v) is 6.52. The molecule has 21 heavy (non-hydrogen) atoms. The standard InChI is InChI=1S/C14H12ClN3O3/c15-12-8-16-11(7-17-12)14(21)18-10-3-1-2-9(6-10)4-5-13(19)20/h1-3,6-8H,4-5H2,(H,18,21)(H,19,20). The van der Waals surface area contributed by atoms with E-state index in [0.29, 0.717) is 12.1 Å². The van der Waals surface area contributed by atoms with E-state index in [4.69, 9.17) is 16.7 Å². The number of carboxylic acids is 1. The fourth-order valence-corrected chi connectivity index (χ4v) is 1.78. The lowest BCUT2D eigenvalue weighted by Crippen LogP contribution is -2.14. The molecular weight excluding hydrogens is 294 g/mol. The first-order valence-electron chi connectivity index (χ1n) is 6.14. The number of halogens is 1. The molecule has 7 heteroatoms. The molecular formula is C14H12ClN3O3. The average Bonchev–Trinajstić information content (AvgIpc) is 2.46. The van der Waals surface area contributed by atoms with Crippen LogP contribution in [-0.2, 0) is 11.2 Å². The Balaban J connectivity index is 2.05. The predicted octanol–water partition coefficient (Wildman–Crippen LogP) is 2.40. The molecule has 1 aromatic carbocycles. The maximum atomic E-state index is 12.0. The number of nitrogens with one attached hydrogen (secondary N) is 1. The van der Waals surface area contributed by atoms with Gasteiger partial charge in [-0.25, -0.2) is 9.97 Å². The van der Waals surface area contributed by atoms with Crippen molar-refractivity contribution in [3.05, 3.63) is 53.1 Å². The largest absolute Gasteiger partial charge is 0.481 e. The summed E-state index contributed by atoms with van der Waals surface area (Å²) in [5.74, 6) is -1.27. The highest BCUT2D eigenvalue weighted by Crippen LogP contribution is 2.13. The Bertz CT molecular complexity index is 659. The van der Waals surface area contributed by atoms with Crippen LogP contribution in [0.2, 0.25) is 5.15 Å². The number of aryl methyl sites for hydroxylation is 1. The summed E-state index contributed by atoms with van der Waals surface area (Å²) in [4.78, 5) is 30.2. The lowest BCUT2D eigenvalue weighted by molar-refractivity contribution is -0.136. The first kappa shape index (κ1) is 14.9. The molecule has 2 N–H and O–H groups in total. The van der Waals surface area contributed by atoms with Gasteiger partial charge in [-0.15, -0.1) is 0 Å². The van der Waals surface area contributed by atoms with Crippen LogP contribution in [-0.4, -0.2) is 27.0 Å². The summed E-state index contributed by atoms with van der Waals surface area (Å²) in [6.07, 6.45) is 3.02. The molecule has 6 nitrogen and oxygen atoms in total. The predicted molar refractivity (Wildman–Crippen MR) is 77.4 cm³/mol. The summed E-state index contributed by atoms with van der Waals surface area (Å²) < 4.78 is 0. The van der Waals surface area contributed by atoms with Gasteiger partial charge in [-0.3, -0.25) is 9.59 Å². The number of benzene rings is 1. The van der Waals surface area contributed by atoms with Crippen LogP contribution in [0.5, 0.6) is 0 Å². The summed E-state index contributed by atoms with van der Waals surface area (Å²) >= 11 is 5.60. The van der Waals surface area contributed by atoms with E-state index in [2.05, 4.69) is 15.3 Å². The van der Waals surface area contributed by atoms with Crippen LogP contribution in [0, 0.1) is 0 Å². The minimum atomic E-state index is -0.860. The van der Waals surface area contributed by atoms with Crippen LogP contribution in [0.3, 0.4) is 0 Å². The van der Waals surface area contributed by atoms with Crippen molar-refractivity contribution in [3.63, 3.8) is 0 Å². The summed E-state index contributed by atoms with van der Waals surface area (Å²) in [6, 6.07) is 7.00. The number of anilines is 1. The van der Waals surface area contributed by atoms with Gasteiger partial charge in [0.1, 0.15) is 10.8 Å². The number of hydrogen-bond donors (Lipinski definition) is 2. The van der Waals surface area contributed by atoms with Gasteiger partial charge in [0.05, 0.1) is 12.4 Å². The molecule has 0 radical (unpaired) electrons. The van der Waals surface area contributed by atoms with E-state index in [0.717, 1.165) is 5.56 Å². The van der Waals surface area contributed by atoms with Gasteiger partial charge < -0.3 is 10.4 Å². The number of hydrogen-bond acceptors (Lipinski definition) is 4. The number of aliphatic carboxylic acids is 1. The van der Waals surface area contributed by atoms with Crippen molar-refractivity contribution in [1.82, 2.24) is 9.97 Å². The van der Waals surface area contributed by atoms with E-state index in [9.17, 15) is 9.59 Å². The van der Waals surface area contributed by atoms with Crippen molar-refractivity contribution < 1.29 is 14.7 Å². The summed E-state index contributed by atoms with van der Waals surface area (Å²) in [6.45, 7) is 0. The molecule has 2 rings (SSSR count). The van der Waals surface area contributed by atoms with Crippen LogP contribution in [0.25, 0.3) is 0 Å². The Hall–Kier alpha value is -2.47. The number of carbonyl (C=O) groups is 2. The van der Waals surface area contributed by atoms with E-state index in [1.165, 1.54) is 12.4 Å². The number of carbonyl (C=O) groups excluding carboxylic acids is 1. The van der Waals surface area contributed by atoms with E-state index in [-0.39, 0.29) is 17.3 Å². The van der Waals surface area contributed by atoms with Crippen LogP contribution >= 0.6 is 11.6 Å². The fourth-order valence-electron chi connectivity index (χ4n) is 1.68. The highest BCUT2D eigenvalue weighted by atomic mass is 35.5. The van der Waals surface area contributed by atoms with Gasteiger partial charge in [0.25, 0.3) is 5.91 Å². The summed E-state index contributed by atoms with van der Waals surface area (Å²) in [5, 5.41) is 11.5. The maximum Gasteiger partial charge on any atom is 0.303 e. The third-order valence-corrected chi connectivity index (χ3v) is 2.86. The molecule has 0 fully saturated rings. The Labute approximate surface area is 125 Å². The Morgan fingerprint density at radius 1 is 1.24 bits per heavy atom. The monoisotopic (exact) mass is 305 g/mol. The summed E-state index contributed by atoms with van der Waals surface area (Å²) in [7, 11) is 0. The Morgan fingerprint density at radius 2 is 2.05 bits per heavy atom. The molecule has 0 aliphatic rings. The smallest absolute Gasteiger partial charge is 0.303 e. The second-order valence-corrected chi connectivity index (χ2v) is 4.66. The molecule has 0 unspecified atom stereocenters. The highest BCUT2D eigenvalue weighted by molar-refractivity contribution is 6.29. The minimum Gasteiger partial charge on any atom is -0.481 e. The zero-order valence-corrected chi connectivity index (χ0v) is 11.7. The molecule has 0 saturated heterocycles. The van der Waals surface area contributed by atoms with Gasteiger partial charge in [-0.2, -0.15) is 0 Å². The molecule has 0 atom stereocenters. The maximum absolute atomic E-state index is 12.0. The van der Waals surface area contributed by atoms with Gasteiger partial charge in [-0.1, -0.05) is 23.7 Å². The molecule has 108 valence electrons.